The highest BCUT2D eigenvalue weighted by atomic mass is 16.6. The van der Waals surface area contributed by atoms with Crippen molar-refractivity contribution in [2.24, 2.45) is 0 Å². The normalized spacial score (nSPS) is 10.8. The number of nitro groups is 1. The maximum Gasteiger partial charge on any atom is 0.407 e. The second-order valence-electron chi connectivity index (χ2n) is 8.73. The quantitative estimate of drug-likeness (QED) is 0.226. The van der Waals surface area contributed by atoms with Gasteiger partial charge in [-0.3, -0.25) is 19.7 Å². The zero-order valence-corrected chi connectivity index (χ0v) is 20.5. The Morgan fingerprint density at radius 1 is 1.03 bits per heavy atom. The fourth-order valence-corrected chi connectivity index (χ4v) is 2.93. The zero-order valence-electron chi connectivity index (χ0n) is 20.5. The molecular weight excluding hydrogens is 470 g/mol. The highest BCUT2D eigenvalue weighted by molar-refractivity contribution is 6.06. The van der Waals surface area contributed by atoms with Crippen LogP contribution in [0.5, 0.6) is 5.75 Å². The van der Waals surface area contributed by atoms with Crippen LogP contribution < -0.4 is 20.7 Å². The summed E-state index contributed by atoms with van der Waals surface area (Å²) in [6.07, 6.45) is 3.24. The second-order valence-corrected chi connectivity index (χ2v) is 8.73. The molecule has 3 N–H and O–H groups in total. The summed E-state index contributed by atoms with van der Waals surface area (Å²) in [5, 5.41) is 19.2. The fourth-order valence-electron chi connectivity index (χ4n) is 2.93. The molecular formula is C24H31N5O7. The number of alkyl carbamates (subject to hydrolysis) is 1. The van der Waals surface area contributed by atoms with Crippen molar-refractivity contribution in [3.8, 4) is 5.75 Å². The number of aromatic nitrogens is 1. The molecule has 0 aliphatic heterocycles. The van der Waals surface area contributed by atoms with Crippen LogP contribution in [0.15, 0.2) is 42.6 Å². The minimum absolute atomic E-state index is 0.134. The molecule has 0 saturated carbocycles. The van der Waals surface area contributed by atoms with Gasteiger partial charge in [0.2, 0.25) is 0 Å². The Morgan fingerprint density at radius 3 is 2.39 bits per heavy atom. The third-order valence-corrected chi connectivity index (χ3v) is 4.53. The molecule has 194 valence electrons. The molecule has 3 amide bonds. The third-order valence-electron chi connectivity index (χ3n) is 4.53. The maximum atomic E-state index is 12.6. The molecule has 12 heteroatoms. The number of pyridine rings is 1. The van der Waals surface area contributed by atoms with Crippen LogP contribution >= 0.6 is 0 Å². The van der Waals surface area contributed by atoms with Gasteiger partial charge in [0.1, 0.15) is 22.7 Å². The summed E-state index contributed by atoms with van der Waals surface area (Å²) in [5.41, 5.74) is -1.16. The average Bonchev–Trinajstić information content (AvgIpc) is 2.81. The van der Waals surface area contributed by atoms with E-state index < -0.39 is 28.2 Å². The van der Waals surface area contributed by atoms with E-state index in [-0.39, 0.29) is 29.6 Å². The van der Waals surface area contributed by atoms with Gasteiger partial charge in [-0.15, -0.1) is 0 Å². The molecule has 2 rings (SSSR count). The highest BCUT2D eigenvalue weighted by Crippen LogP contribution is 2.25. The van der Waals surface area contributed by atoms with Crippen molar-refractivity contribution in [3.63, 3.8) is 0 Å². The van der Waals surface area contributed by atoms with Crippen molar-refractivity contribution in [1.29, 1.82) is 0 Å². The summed E-state index contributed by atoms with van der Waals surface area (Å²) in [5.74, 6) is -0.727. The smallest absolute Gasteiger partial charge is 0.407 e. The highest BCUT2D eigenvalue weighted by Gasteiger charge is 2.22. The largest absolute Gasteiger partial charge is 0.484 e. The van der Waals surface area contributed by atoms with Crippen LogP contribution in [0.3, 0.4) is 0 Å². The number of carbonyl (C=O) groups excluding carboxylic acids is 3. The lowest BCUT2D eigenvalue weighted by Gasteiger charge is -2.19. The van der Waals surface area contributed by atoms with Crippen LogP contribution in [0.4, 0.5) is 16.3 Å². The van der Waals surface area contributed by atoms with E-state index in [9.17, 15) is 24.5 Å². The Hall–Kier alpha value is -4.22. The minimum Gasteiger partial charge on any atom is -0.484 e. The Balaban J connectivity index is 1.75. The Morgan fingerprint density at radius 2 is 1.75 bits per heavy atom. The van der Waals surface area contributed by atoms with Crippen molar-refractivity contribution in [2.75, 3.05) is 25.0 Å². The van der Waals surface area contributed by atoms with E-state index in [1.165, 1.54) is 18.3 Å². The number of carbonyl (C=O) groups is 3. The Bertz CT molecular complexity index is 1050. The molecule has 2 aromatic rings. The lowest BCUT2D eigenvalue weighted by atomic mass is 10.1. The summed E-state index contributed by atoms with van der Waals surface area (Å²) in [6.45, 7) is 5.95. The average molecular weight is 502 g/mol. The Labute approximate surface area is 208 Å². The summed E-state index contributed by atoms with van der Waals surface area (Å²) in [7, 11) is 0. The molecule has 0 fully saturated rings. The van der Waals surface area contributed by atoms with Crippen LogP contribution in [-0.4, -0.2) is 53.1 Å². The molecule has 36 heavy (non-hydrogen) atoms. The van der Waals surface area contributed by atoms with Crippen LogP contribution in [0.25, 0.3) is 0 Å². The first-order valence-electron chi connectivity index (χ1n) is 11.4. The van der Waals surface area contributed by atoms with Crippen LogP contribution in [-0.2, 0) is 9.53 Å². The van der Waals surface area contributed by atoms with E-state index in [0.717, 1.165) is 18.9 Å². The second kappa shape index (κ2) is 13.6. The predicted molar refractivity (Wildman–Crippen MR) is 132 cm³/mol. The number of amides is 3. The van der Waals surface area contributed by atoms with Crippen molar-refractivity contribution in [3.05, 3.63) is 58.3 Å². The van der Waals surface area contributed by atoms with Crippen LogP contribution in [0, 0.1) is 10.1 Å². The van der Waals surface area contributed by atoms with E-state index in [2.05, 4.69) is 20.9 Å². The SMILES string of the molecule is CC(C)(C)OC(=O)NCCCCCNC(=O)COc1ccc([N+](=O)[O-])c(C(=O)Nc2ccccn2)c1. The van der Waals surface area contributed by atoms with Crippen molar-refractivity contribution in [1.82, 2.24) is 15.6 Å². The first-order chi connectivity index (χ1) is 17.0. The number of anilines is 1. The molecule has 0 radical (unpaired) electrons. The number of nitrogens with zero attached hydrogens (tertiary/aromatic N) is 2. The van der Waals surface area contributed by atoms with Crippen molar-refractivity contribution in [2.45, 2.75) is 45.6 Å². The topological polar surface area (TPSA) is 162 Å². The number of benzene rings is 1. The van der Waals surface area contributed by atoms with Gasteiger partial charge >= 0.3 is 6.09 Å². The molecule has 0 atom stereocenters. The molecule has 1 aromatic heterocycles. The van der Waals surface area contributed by atoms with Gasteiger partial charge in [-0.25, -0.2) is 9.78 Å². The maximum absolute atomic E-state index is 12.6. The van der Waals surface area contributed by atoms with E-state index in [1.54, 1.807) is 39.0 Å². The van der Waals surface area contributed by atoms with Crippen molar-refractivity contribution < 1.29 is 28.8 Å². The number of nitro benzene ring substituents is 1. The summed E-state index contributed by atoms with van der Waals surface area (Å²) >= 11 is 0. The van der Waals surface area contributed by atoms with Gasteiger partial charge in [-0.05, 0) is 64.3 Å². The first-order valence-corrected chi connectivity index (χ1v) is 11.4. The summed E-state index contributed by atoms with van der Waals surface area (Å²) in [6, 6.07) is 8.55. The molecule has 0 saturated heterocycles. The fraction of sp³-hybridized carbons (Fsp3) is 0.417. The van der Waals surface area contributed by atoms with E-state index in [1.807, 2.05) is 0 Å². The van der Waals surface area contributed by atoms with Gasteiger partial charge in [-0.1, -0.05) is 6.07 Å². The number of hydrogen-bond donors (Lipinski definition) is 3. The first kappa shape index (κ1) is 28.0. The molecule has 1 aromatic carbocycles. The summed E-state index contributed by atoms with van der Waals surface area (Å²) < 4.78 is 10.6. The van der Waals surface area contributed by atoms with Gasteiger partial charge in [-0.2, -0.15) is 0 Å². The van der Waals surface area contributed by atoms with E-state index in [4.69, 9.17) is 9.47 Å². The number of rotatable bonds is 12. The van der Waals surface area contributed by atoms with Gasteiger partial charge in [0, 0.05) is 25.4 Å². The number of unbranched alkanes of at least 4 members (excludes halogenated alkanes) is 2. The lowest BCUT2D eigenvalue weighted by Crippen LogP contribution is -2.33. The molecule has 0 spiro atoms. The molecule has 0 bridgehead atoms. The number of nitrogens with one attached hydrogen (secondary N) is 3. The number of ether oxygens (including phenoxy) is 2. The molecule has 0 aliphatic rings. The third kappa shape index (κ3) is 10.4. The standard InChI is InChI=1S/C24H31N5O7/c1-24(2,3)36-23(32)27-14-7-4-6-13-26-21(30)16-35-17-10-11-19(29(33)34)18(15-17)22(31)28-20-9-5-8-12-25-20/h5,8-12,15H,4,6-7,13-14,16H2,1-3H3,(H,26,30)(H,27,32)(H,25,28,31). The molecule has 12 nitrogen and oxygen atoms in total. The van der Waals surface area contributed by atoms with Gasteiger partial charge in [0.25, 0.3) is 17.5 Å². The van der Waals surface area contributed by atoms with Crippen LogP contribution in [0.1, 0.15) is 50.4 Å². The van der Waals surface area contributed by atoms with Gasteiger partial charge in [0.05, 0.1) is 4.92 Å². The minimum atomic E-state index is -0.726. The number of hydrogen-bond acceptors (Lipinski definition) is 8. The van der Waals surface area contributed by atoms with Gasteiger partial charge < -0.3 is 25.4 Å². The predicted octanol–water partition coefficient (Wildman–Crippen LogP) is 3.43. The lowest BCUT2D eigenvalue weighted by molar-refractivity contribution is -0.385. The molecule has 1 heterocycles. The van der Waals surface area contributed by atoms with Crippen molar-refractivity contribution >= 4 is 29.4 Å². The monoisotopic (exact) mass is 501 g/mol. The van der Waals surface area contributed by atoms with Crippen LogP contribution in [0.2, 0.25) is 0 Å². The molecule has 0 unspecified atom stereocenters. The zero-order chi connectivity index (χ0) is 26.6. The van der Waals surface area contributed by atoms with E-state index in [0.29, 0.717) is 19.5 Å². The molecule has 0 aliphatic carbocycles. The summed E-state index contributed by atoms with van der Waals surface area (Å²) in [4.78, 5) is 50.8. The van der Waals surface area contributed by atoms with E-state index >= 15 is 0 Å². The Kier molecular flexibility index (Phi) is 10.6. The van der Waals surface area contributed by atoms with Gasteiger partial charge in [0.15, 0.2) is 6.61 Å².